The molecule has 0 radical (unpaired) electrons. The van der Waals surface area contributed by atoms with Crippen molar-refractivity contribution < 1.29 is 13.2 Å². The van der Waals surface area contributed by atoms with E-state index in [1.54, 1.807) is 0 Å². The standard InChI is InChI=1S/C23H37N3O3S/c1-17(24-3)18(2)26-15-14-22(25-30(4,27)28)23(26)16-29-21-12-10-20(11-13-21)19-8-6-5-7-9-19/h5-9,20-25H,10-16H2,1-4H3/b18-17+/t20?,21?,22-,23-/m0/s1. The summed E-state index contributed by atoms with van der Waals surface area (Å²) in [7, 11) is -1.35. The van der Waals surface area contributed by atoms with E-state index in [0.29, 0.717) is 12.5 Å². The van der Waals surface area contributed by atoms with Gasteiger partial charge in [0.2, 0.25) is 10.0 Å². The normalized spacial score (nSPS) is 28.3. The molecule has 1 heterocycles. The molecular weight excluding hydrogens is 398 g/mol. The molecule has 3 rings (SSSR count). The van der Waals surface area contributed by atoms with Gasteiger partial charge in [-0.25, -0.2) is 13.1 Å². The van der Waals surface area contributed by atoms with E-state index >= 15 is 0 Å². The van der Waals surface area contributed by atoms with Crippen LogP contribution >= 0.6 is 0 Å². The number of likely N-dealkylation sites (tertiary alicyclic amines) is 1. The van der Waals surface area contributed by atoms with Crippen LogP contribution in [0.2, 0.25) is 0 Å². The van der Waals surface area contributed by atoms with Crippen LogP contribution in [0.5, 0.6) is 0 Å². The second-order valence-electron chi connectivity index (χ2n) is 8.72. The molecule has 1 aromatic carbocycles. The molecule has 2 atom stereocenters. The minimum Gasteiger partial charge on any atom is -0.390 e. The summed E-state index contributed by atoms with van der Waals surface area (Å²) in [6, 6.07) is 10.6. The minimum absolute atomic E-state index is 0.00914. The van der Waals surface area contributed by atoms with Crippen LogP contribution in [-0.2, 0) is 14.8 Å². The van der Waals surface area contributed by atoms with E-state index in [1.165, 1.54) is 11.8 Å². The van der Waals surface area contributed by atoms with Gasteiger partial charge in [-0.2, -0.15) is 0 Å². The fraction of sp³-hybridized carbons (Fsp3) is 0.652. The predicted molar refractivity (Wildman–Crippen MR) is 122 cm³/mol. The van der Waals surface area contributed by atoms with Crippen molar-refractivity contribution in [1.82, 2.24) is 14.9 Å². The quantitative estimate of drug-likeness (QED) is 0.656. The number of hydrogen-bond acceptors (Lipinski definition) is 5. The number of allylic oxidation sites excluding steroid dienone is 2. The van der Waals surface area contributed by atoms with Crippen LogP contribution in [0.15, 0.2) is 41.7 Å². The van der Waals surface area contributed by atoms with E-state index in [0.717, 1.165) is 50.0 Å². The van der Waals surface area contributed by atoms with Gasteiger partial charge in [-0.3, -0.25) is 0 Å². The maximum absolute atomic E-state index is 11.9. The second kappa shape index (κ2) is 10.2. The van der Waals surface area contributed by atoms with E-state index < -0.39 is 10.0 Å². The zero-order chi connectivity index (χ0) is 21.7. The van der Waals surface area contributed by atoms with E-state index in [-0.39, 0.29) is 18.2 Å². The van der Waals surface area contributed by atoms with Crippen molar-refractivity contribution in [2.45, 2.75) is 70.1 Å². The number of hydrogen-bond donors (Lipinski definition) is 2. The Kier molecular flexibility index (Phi) is 7.82. The second-order valence-corrected chi connectivity index (χ2v) is 10.5. The van der Waals surface area contributed by atoms with Gasteiger partial charge >= 0.3 is 0 Å². The Morgan fingerprint density at radius 2 is 1.77 bits per heavy atom. The van der Waals surface area contributed by atoms with Crippen LogP contribution in [0.3, 0.4) is 0 Å². The van der Waals surface area contributed by atoms with Crippen molar-refractivity contribution in [3.8, 4) is 0 Å². The molecule has 0 unspecified atom stereocenters. The van der Waals surface area contributed by atoms with Crippen LogP contribution in [0.4, 0.5) is 0 Å². The highest BCUT2D eigenvalue weighted by Crippen LogP contribution is 2.34. The Morgan fingerprint density at radius 3 is 2.37 bits per heavy atom. The van der Waals surface area contributed by atoms with Crippen LogP contribution in [0.25, 0.3) is 0 Å². The SMILES string of the molecule is CN/C(C)=C(\C)N1CC[C@H](NS(C)(=O)=O)[C@@H]1COC1CCC(c2ccccc2)CC1. The van der Waals surface area contributed by atoms with Gasteiger partial charge in [-0.15, -0.1) is 0 Å². The average molecular weight is 436 g/mol. The van der Waals surface area contributed by atoms with Gasteiger partial charge in [0.25, 0.3) is 0 Å². The number of ether oxygens (including phenoxy) is 1. The van der Waals surface area contributed by atoms with Crippen LogP contribution < -0.4 is 10.0 Å². The molecule has 7 heteroatoms. The van der Waals surface area contributed by atoms with Gasteiger partial charge in [0.15, 0.2) is 0 Å². The zero-order valence-electron chi connectivity index (χ0n) is 18.7. The summed E-state index contributed by atoms with van der Waals surface area (Å²) >= 11 is 0. The molecule has 0 spiro atoms. The third-order valence-corrected chi connectivity index (χ3v) is 7.44. The summed E-state index contributed by atoms with van der Waals surface area (Å²) in [6.07, 6.45) is 6.68. The summed E-state index contributed by atoms with van der Waals surface area (Å²) < 4.78 is 33.0. The minimum atomic E-state index is -3.26. The molecule has 1 aliphatic heterocycles. The molecule has 1 aromatic rings. The maximum atomic E-state index is 11.9. The first-order valence-corrected chi connectivity index (χ1v) is 12.9. The Morgan fingerprint density at radius 1 is 1.10 bits per heavy atom. The van der Waals surface area contributed by atoms with Crippen LogP contribution in [0.1, 0.15) is 57.4 Å². The molecule has 6 nitrogen and oxygen atoms in total. The molecule has 1 aliphatic carbocycles. The lowest BCUT2D eigenvalue weighted by Crippen LogP contribution is -2.47. The topological polar surface area (TPSA) is 70.7 Å². The molecule has 0 amide bonds. The van der Waals surface area contributed by atoms with Gasteiger partial charge in [-0.1, -0.05) is 30.3 Å². The predicted octanol–water partition coefficient (Wildman–Crippen LogP) is 3.19. The molecule has 30 heavy (non-hydrogen) atoms. The highest BCUT2D eigenvalue weighted by molar-refractivity contribution is 7.88. The largest absolute Gasteiger partial charge is 0.390 e. The highest BCUT2D eigenvalue weighted by atomic mass is 32.2. The lowest BCUT2D eigenvalue weighted by molar-refractivity contribution is -0.00157. The molecule has 168 valence electrons. The van der Waals surface area contributed by atoms with Gasteiger partial charge in [0.1, 0.15) is 0 Å². The first kappa shape index (κ1) is 23.1. The van der Waals surface area contributed by atoms with Crippen LogP contribution in [-0.4, -0.2) is 58.0 Å². The monoisotopic (exact) mass is 435 g/mol. The Hall–Kier alpha value is -1.57. The molecule has 2 aliphatic rings. The van der Waals surface area contributed by atoms with Gasteiger partial charge < -0.3 is 15.0 Å². The van der Waals surface area contributed by atoms with Gasteiger partial charge in [-0.05, 0) is 57.4 Å². The fourth-order valence-electron chi connectivity index (χ4n) is 4.81. The van der Waals surface area contributed by atoms with Crippen molar-refractivity contribution in [3.05, 3.63) is 47.3 Å². The summed E-state index contributed by atoms with van der Waals surface area (Å²) in [5, 5.41) is 3.21. The number of benzene rings is 1. The maximum Gasteiger partial charge on any atom is 0.209 e. The molecule has 2 fully saturated rings. The first-order chi connectivity index (χ1) is 14.3. The Labute approximate surface area is 182 Å². The van der Waals surface area contributed by atoms with Gasteiger partial charge in [0, 0.05) is 31.0 Å². The van der Waals surface area contributed by atoms with E-state index in [1.807, 2.05) is 7.05 Å². The molecule has 0 bridgehead atoms. The van der Waals surface area contributed by atoms with Crippen molar-refractivity contribution in [2.75, 3.05) is 26.5 Å². The number of nitrogens with one attached hydrogen (secondary N) is 2. The number of nitrogens with zero attached hydrogens (tertiary/aromatic N) is 1. The van der Waals surface area contributed by atoms with E-state index in [9.17, 15) is 8.42 Å². The van der Waals surface area contributed by atoms with E-state index in [4.69, 9.17) is 4.74 Å². The molecule has 1 saturated heterocycles. The number of rotatable bonds is 8. The molecule has 1 saturated carbocycles. The summed E-state index contributed by atoms with van der Waals surface area (Å²) in [5.41, 5.74) is 3.68. The van der Waals surface area contributed by atoms with E-state index in [2.05, 4.69) is 59.1 Å². The fourth-order valence-corrected chi connectivity index (χ4v) is 5.63. The number of sulfonamides is 1. The molecular formula is C23H37N3O3S. The molecule has 2 N–H and O–H groups in total. The van der Waals surface area contributed by atoms with Crippen LogP contribution in [0, 0.1) is 0 Å². The summed E-state index contributed by atoms with van der Waals surface area (Å²) in [4.78, 5) is 2.30. The van der Waals surface area contributed by atoms with Gasteiger partial charge in [0.05, 0.1) is 25.0 Å². The lowest BCUT2D eigenvalue weighted by Gasteiger charge is -2.34. The highest BCUT2D eigenvalue weighted by Gasteiger charge is 2.37. The zero-order valence-corrected chi connectivity index (χ0v) is 19.5. The Bertz CT molecular complexity index is 817. The third kappa shape index (κ3) is 5.99. The van der Waals surface area contributed by atoms with Crippen molar-refractivity contribution in [3.63, 3.8) is 0 Å². The third-order valence-electron chi connectivity index (χ3n) is 6.71. The first-order valence-electron chi connectivity index (χ1n) is 11.0. The summed E-state index contributed by atoms with van der Waals surface area (Å²) in [6.45, 7) is 5.51. The average Bonchev–Trinajstić information content (AvgIpc) is 3.12. The summed E-state index contributed by atoms with van der Waals surface area (Å²) in [5.74, 6) is 0.622. The molecule has 0 aromatic heterocycles. The van der Waals surface area contributed by atoms with Crippen molar-refractivity contribution >= 4 is 10.0 Å². The van der Waals surface area contributed by atoms with Crippen molar-refractivity contribution in [1.29, 1.82) is 0 Å². The van der Waals surface area contributed by atoms with Crippen molar-refractivity contribution in [2.24, 2.45) is 0 Å². The smallest absolute Gasteiger partial charge is 0.209 e. The lowest BCUT2D eigenvalue weighted by atomic mass is 9.83. The Balaban J connectivity index is 1.61.